The van der Waals surface area contributed by atoms with Crippen molar-refractivity contribution in [1.82, 2.24) is 15.0 Å². The highest BCUT2D eigenvalue weighted by Crippen LogP contribution is 2.30. The van der Waals surface area contributed by atoms with Crippen LogP contribution in [0.4, 0.5) is 0 Å². The Balaban J connectivity index is 2.01. The molecule has 3 heterocycles. The van der Waals surface area contributed by atoms with Gasteiger partial charge < -0.3 is 9.72 Å². The van der Waals surface area contributed by atoms with Gasteiger partial charge >= 0.3 is 5.97 Å². The van der Waals surface area contributed by atoms with E-state index in [-0.39, 0.29) is 5.56 Å². The summed E-state index contributed by atoms with van der Waals surface area (Å²) in [6, 6.07) is 9.66. The van der Waals surface area contributed by atoms with Crippen LogP contribution in [0, 0.1) is 6.92 Å². The predicted molar refractivity (Wildman–Crippen MR) is 97.1 cm³/mol. The fourth-order valence-corrected chi connectivity index (χ4v) is 3.95. The molecule has 0 aliphatic carbocycles. The van der Waals surface area contributed by atoms with Gasteiger partial charge in [0, 0.05) is 11.6 Å². The molecule has 0 unspecified atom stereocenters. The van der Waals surface area contributed by atoms with E-state index >= 15 is 0 Å². The number of hydrogen-bond donors (Lipinski definition) is 1. The molecule has 0 spiro atoms. The number of ether oxygens (including phenoxy) is 1. The van der Waals surface area contributed by atoms with Crippen LogP contribution in [0.1, 0.15) is 15.2 Å². The Labute approximate surface area is 146 Å². The maximum Gasteiger partial charge on any atom is 0.348 e. The van der Waals surface area contributed by atoms with Gasteiger partial charge in [0.05, 0.1) is 12.5 Å². The van der Waals surface area contributed by atoms with Crippen LogP contribution in [-0.4, -0.2) is 28.0 Å². The summed E-state index contributed by atoms with van der Waals surface area (Å²) in [5.74, 6) is -0.0864. The molecule has 0 bridgehead atoms. The predicted octanol–water partition coefficient (Wildman–Crippen LogP) is 3.29. The molecule has 0 aliphatic rings. The standard InChI is InChI=1S/C18H13N3O3S/c1-9-12-16(22)20-15(21-17(12)25-14(9)18(23)24-2)13-11-6-4-3-5-10(11)7-8-19-13/h3-8H,1-2H3,(H,20,21,22). The number of benzene rings is 1. The van der Waals surface area contributed by atoms with Crippen molar-refractivity contribution in [2.45, 2.75) is 6.92 Å². The van der Waals surface area contributed by atoms with Gasteiger partial charge in [-0.25, -0.2) is 9.78 Å². The van der Waals surface area contributed by atoms with Crippen LogP contribution in [-0.2, 0) is 4.74 Å². The number of fused-ring (bicyclic) bond motifs is 2. The largest absolute Gasteiger partial charge is 0.465 e. The van der Waals surface area contributed by atoms with Crippen LogP contribution in [0.25, 0.3) is 32.5 Å². The highest BCUT2D eigenvalue weighted by Gasteiger charge is 2.20. The number of carbonyl (C=O) groups is 1. The molecule has 0 amide bonds. The van der Waals surface area contributed by atoms with Crippen molar-refractivity contribution >= 4 is 38.3 Å². The quantitative estimate of drug-likeness (QED) is 0.560. The first kappa shape index (κ1) is 15.5. The number of aromatic amines is 1. The summed E-state index contributed by atoms with van der Waals surface area (Å²) in [6.07, 6.45) is 1.68. The Morgan fingerprint density at radius 2 is 2.04 bits per heavy atom. The van der Waals surface area contributed by atoms with Crippen LogP contribution in [0.5, 0.6) is 0 Å². The number of esters is 1. The molecule has 0 saturated heterocycles. The molecule has 4 aromatic rings. The van der Waals surface area contributed by atoms with E-state index in [4.69, 9.17) is 4.74 Å². The van der Waals surface area contributed by atoms with Crippen LogP contribution >= 0.6 is 11.3 Å². The number of thiophene rings is 1. The minimum Gasteiger partial charge on any atom is -0.465 e. The van der Waals surface area contributed by atoms with E-state index in [0.717, 1.165) is 22.1 Å². The van der Waals surface area contributed by atoms with Gasteiger partial charge in [-0.2, -0.15) is 0 Å². The van der Waals surface area contributed by atoms with E-state index in [9.17, 15) is 9.59 Å². The first-order chi connectivity index (χ1) is 12.1. The van der Waals surface area contributed by atoms with Crippen LogP contribution in [0.2, 0.25) is 0 Å². The number of hydrogen-bond acceptors (Lipinski definition) is 6. The minimum atomic E-state index is -0.468. The molecular formula is C18H13N3O3S. The van der Waals surface area contributed by atoms with E-state index in [2.05, 4.69) is 15.0 Å². The van der Waals surface area contributed by atoms with E-state index in [1.54, 1.807) is 13.1 Å². The molecule has 0 fully saturated rings. The Bertz CT molecular complexity index is 1190. The number of nitrogens with one attached hydrogen (secondary N) is 1. The lowest BCUT2D eigenvalue weighted by atomic mass is 10.1. The van der Waals surface area contributed by atoms with Gasteiger partial charge in [-0.1, -0.05) is 24.3 Å². The molecule has 4 rings (SSSR count). The van der Waals surface area contributed by atoms with Gasteiger partial charge in [0.25, 0.3) is 5.56 Å². The van der Waals surface area contributed by atoms with Crippen molar-refractivity contribution in [1.29, 1.82) is 0 Å². The third kappa shape index (κ3) is 2.40. The molecular weight excluding hydrogens is 338 g/mol. The van der Waals surface area contributed by atoms with Crippen molar-refractivity contribution < 1.29 is 9.53 Å². The lowest BCUT2D eigenvalue weighted by Crippen LogP contribution is -2.10. The maximum atomic E-state index is 12.6. The molecule has 0 aliphatic heterocycles. The summed E-state index contributed by atoms with van der Waals surface area (Å²) in [4.78, 5) is 37.1. The maximum absolute atomic E-state index is 12.6. The number of aromatic nitrogens is 3. The van der Waals surface area contributed by atoms with Gasteiger partial charge in [-0.15, -0.1) is 11.3 Å². The summed E-state index contributed by atoms with van der Waals surface area (Å²) >= 11 is 1.15. The topological polar surface area (TPSA) is 84.9 Å². The Kier molecular flexibility index (Phi) is 3.58. The van der Waals surface area contributed by atoms with E-state index < -0.39 is 5.97 Å². The molecule has 124 valence electrons. The van der Waals surface area contributed by atoms with Gasteiger partial charge in [0.15, 0.2) is 5.82 Å². The zero-order chi connectivity index (χ0) is 17.6. The average molecular weight is 351 g/mol. The normalized spacial score (nSPS) is 11.1. The molecule has 0 saturated carbocycles. The summed E-state index contributed by atoms with van der Waals surface area (Å²) in [5, 5.41) is 2.32. The van der Waals surface area contributed by atoms with E-state index in [1.807, 2.05) is 30.3 Å². The minimum absolute atomic E-state index is 0.293. The second kappa shape index (κ2) is 5.78. The Morgan fingerprint density at radius 1 is 1.24 bits per heavy atom. The van der Waals surface area contributed by atoms with Gasteiger partial charge in [0.2, 0.25) is 0 Å². The van der Waals surface area contributed by atoms with Gasteiger partial charge in [0.1, 0.15) is 15.4 Å². The number of nitrogens with zero attached hydrogens (tertiary/aromatic N) is 2. The molecule has 1 N–H and O–H groups in total. The highest BCUT2D eigenvalue weighted by molar-refractivity contribution is 7.20. The summed E-state index contributed by atoms with van der Waals surface area (Å²) < 4.78 is 4.78. The van der Waals surface area contributed by atoms with Crippen LogP contribution < -0.4 is 5.56 Å². The zero-order valence-electron chi connectivity index (χ0n) is 13.5. The van der Waals surface area contributed by atoms with E-state index in [1.165, 1.54) is 7.11 Å². The zero-order valence-corrected chi connectivity index (χ0v) is 14.3. The second-order valence-electron chi connectivity index (χ2n) is 5.52. The van der Waals surface area contributed by atoms with Crippen LogP contribution in [0.3, 0.4) is 0 Å². The van der Waals surface area contributed by atoms with Crippen molar-refractivity contribution in [2.75, 3.05) is 7.11 Å². The van der Waals surface area contributed by atoms with Crippen LogP contribution in [0.15, 0.2) is 41.3 Å². The van der Waals surface area contributed by atoms with Crippen molar-refractivity contribution in [3.8, 4) is 11.5 Å². The fraction of sp³-hybridized carbons (Fsp3) is 0.111. The number of carbonyl (C=O) groups excluding carboxylic acids is 1. The van der Waals surface area contributed by atoms with E-state index in [0.29, 0.717) is 32.2 Å². The molecule has 1 aromatic carbocycles. The molecule has 25 heavy (non-hydrogen) atoms. The van der Waals surface area contributed by atoms with Crippen molar-refractivity contribution in [3.63, 3.8) is 0 Å². The van der Waals surface area contributed by atoms with Gasteiger partial charge in [-0.05, 0) is 23.9 Å². The van der Waals surface area contributed by atoms with Gasteiger partial charge in [-0.3, -0.25) is 9.78 Å². The summed E-state index contributed by atoms with van der Waals surface area (Å²) in [5.41, 5.74) is 0.888. The first-order valence-electron chi connectivity index (χ1n) is 7.56. The smallest absolute Gasteiger partial charge is 0.348 e. The van der Waals surface area contributed by atoms with Crippen molar-refractivity contribution in [2.24, 2.45) is 0 Å². The third-order valence-corrected chi connectivity index (χ3v) is 5.24. The third-order valence-electron chi connectivity index (χ3n) is 4.07. The Hall–Kier alpha value is -3.06. The first-order valence-corrected chi connectivity index (χ1v) is 8.37. The summed E-state index contributed by atoms with van der Waals surface area (Å²) in [7, 11) is 1.31. The number of pyridine rings is 1. The van der Waals surface area contributed by atoms with Crippen molar-refractivity contribution in [3.05, 3.63) is 57.3 Å². The average Bonchev–Trinajstić information content (AvgIpc) is 2.97. The molecule has 7 heteroatoms. The lowest BCUT2D eigenvalue weighted by molar-refractivity contribution is 0.0605. The number of H-pyrrole nitrogens is 1. The fourth-order valence-electron chi connectivity index (χ4n) is 2.85. The second-order valence-corrected chi connectivity index (χ2v) is 6.52. The molecule has 0 radical (unpaired) electrons. The number of methoxy groups -OCH3 is 1. The Morgan fingerprint density at radius 3 is 2.84 bits per heavy atom. The summed E-state index contributed by atoms with van der Waals surface area (Å²) in [6.45, 7) is 1.72. The highest BCUT2D eigenvalue weighted by atomic mass is 32.1. The number of aryl methyl sites for hydroxylation is 1. The molecule has 6 nitrogen and oxygen atoms in total. The monoisotopic (exact) mass is 351 g/mol. The SMILES string of the molecule is COC(=O)c1sc2nc(-c3nccc4ccccc34)[nH]c(=O)c2c1C. The lowest BCUT2D eigenvalue weighted by Gasteiger charge is -2.04. The molecule has 0 atom stereocenters. The number of rotatable bonds is 2. The molecule has 3 aromatic heterocycles.